The molecule has 0 bridgehead atoms. The second-order valence-corrected chi connectivity index (χ2v) is 6.32. The number of hydrazone groups is 1. The van der Waals surface area contributed by atoms with Crippen LogP contribution in [-0.2, 0) is 6.61 Å². The van der Waals surface area contributed by atoms with E-state index in [1.165, 1.54) is 0 Å². The van der Waals surface area contributed by atoms with Gasteiger partial charge in [0.05, 0.1) is 13.3 Å². The van der Waals surface area contributed by atoms with Gasteiger partial charge in [-0.25, -0.2) is 5.43 Å². The molecule has 3 aromatic carbocycles. The van der Waals surface area contributed by atoms with Gasteiger partial charge in [0.1, 0.15) is 18.1 Å². The molecule has 0 unspecified atom stereocenters. The average molecular weight is 395 g/mol. The first-order chi connectivity index (χ1) is 13.7. The number of rotatable bonds is 7. The Morgan fingerprint density at radius 2 is 1.89 bits per heavy atom. The predicted molar refractivity (Wildman–Crippen MR) is 110 cm³/mol. The molecule has 3 rings (SSSR count). The zero-order valence-electron chi connectivity index (χ0n) is 15.3. The van der Waals surface area contributed by atoms with Crippen LogP contribution in [0.4, 0.5) is 0 Å². The van der Waals surface area contributed by atoms with Crippen LogP contribution >= 0.6 is 11.6 Å². The van der Waals surface area contributed by atoms with Crippen LogP contribution in [-0.4, -0.2) is 19.2 Å². The largest absolute Gasteiger partial charge is 0.497 e. The van der Waals surface area contributed by atoms with E-state index in [0.29, 0.717) is 28.7 Å². The van der Waals surface area contributed by atoms with Gasteiger partial charge in [-0.15, -0.1) is 0 Å². The maximum Gasteiger partial charge on any atom is 0.271 e. The van der Waals surface area contributed by atoms with Gasteiger partial charge >= 0.3 is 0 Å². The highest BCUT2D eigenvalue weighted by molar-refractivity contribution is 6.30. The summed E-state index contributed by atoms with van der Waals surface area (Å²) in [5.41, 5.74) is 4.68. The molecule has 0 aliphatic heterocycles. The van der Waals surface area contributed by atoms with Crippen molar-refractivity contribution in [3.05, 3.63) is 94.5 Å². The van der Waals surface area contributed by atoms with E-state index in [9.17, 15) is 4.79 Å². The molecule has 28 heavy (non-hydrogen) atoms. The summed E-state index contributed by atoms with van der Waals surface area (Å²) in [4.78, 5) is 12.2. The number of benzene rings is 3. The Labute approximate surface area is 168 Å². The number of nitrogens with zero attached hydrogens (tertiary/aromatic N) is 1. The summed E-state index contributed by atoms with van der Waals surface area (Å²) in [6, 6.07) is 21.8. The van der Waals surface area contributed by atoms with Gasteiger partial charge in [0.2, 0.25) is 0 Å². The van der Waals surface area contributed by atoms with E-state index in [4.69, 9.17) is 21.1 Å². The standard InChI is InChI=1S/C22H19ClN2O3/c1-27-20-10-5-8-17(13-20)22(26)25-24-14-18-7-2-3-11-21(18)28-15-16-6-4-9-19(23)12-16/h2-14H,15H2,1H3,(H,25,26)/b24-14-. The zero-order valence-corrected chi connectivity index (χ0v) is 16.0. The number of carbonyl (C=O) groups excluding carboxylic acids is 1. The van der Waals surface area contributed by atoms with Gasteiger partial charge in [0, 0.05) is 16.1 Å². The zero-order chi connectivity index (χ0) is 19.8. The van der Waals surface area contributed by atoms with Gasteiger partial charge in [0.15, 0.2) is 0 Å². The van der Waals surface area contributed by atoms with Crippen LogP contribution in [0.2, 0.25) is 5.02 Å². The molecule has 1 N–H and O–H groups in total. The third-order valence-corrected chi connectivity index (χ3v) is 4.14. The lowest BCUT2D eigenvalue weighted by Crippen LogP contribution is -2.17. The lowest BCUT2D eigenvalue weighted by atomic mass is 10.2. The third kappa shape index (κ3) is 5.34. The van der Waals surface area contributed by atoms with Crippen LogP contribution < -0.4 is 14.9 Å². The molecule has 6 heteroatoms. The Kier molecular flexibility index (Phi) is 6.65. The number of carbonyl (C=O) groups is 1. The molecule has 0 aliphatic rings. The molecule has 0 heterocycles. The fourth-order valence-electron chi connectivity index (χ4n) is 2.50. The van der Waals surface area contributed by atoms with E-state index in [2.05, 4.69) is 10.5 Å². The van der Waals surface area contributed by atoms with Gasteiger partial charge in [-0.05, 0) is 48.0 Å². The van der Waals surface area contributed by atoms with Crippen molar-refractivity contribution in [1.82, 2.24) is 5.43 Å². The first-order valence-electron chi connectivity index (χ1n) is 8.59. The number of ether oxygens (including phenoxy) is 2. The summed E-state index contributed by atoms with van der Waals surface area (Å²) in [6.45, 7) is 0.377. The highest BCUT2D eigenvalue weighted by Crippen LogP contribution is 2.19. The number of nitrogens with one attached hydrogen (secondary N) is 1. The first-order valence-corrected chi connectivity index (χ1v) is 8.97. The summed E-state index contributed by atoms with van der Waals surface area (Å²) in [5, 5.41) is 4.70. The quantitative estimate of drug-likeness (QED) is 0.467. The van der Waals surface area contributed by atoms with Crippen molar-refractivity contribution in [2.24, 2.45) is 5.10 Å². The Morgan fingerprint density at radius 1 is 1.07 bits per heavy atom. The minimum Gasteiger partial charge on any atom is -0.497 e. The minimum absolute atomic E-state index is 0.326. The van der Waals surface area contributed by atoms with Gasteiger partial charge in [-0.1, -0.05) is 41.9 Å². The molecule has 3 aromatic rings. The topological polar surface area (TPSA) is 59.9 Å². The molecule has 0 aliphatic carbocycles. The molecule has 1 amide bonds. The molecular weight excluding hydrogens is 376 g/mol. The number of para-hydroxylation sites is 1. The molecule has 0 aromatic heterocycles. The molecule has 0 fully saturated rings. The van der Waals surface area contributed by atoms with Crippen LogP contribution in [0.15, 0.2) is 77.9 Å². The second kappa shape index (κ2) is 9.58. The molecular formula is C22H19ClN2O3. The summed E-state index contributed by atoms with van der Waals surface area (Å²) >= 11 is 6.00. The SMILES string of the molecule is COc1cccc(C(=O)N/N=C\c2ccccc2OCc2cccc(Cl)c2)c1. The summed E-state index contributed by atoms with van der Waals surface area (Å²) in [6.07, 6.45) is 1.55. The summed E-state index contributed by atoms with van der Waals surface area (Å²) in [5.74, 6) is 0.936. The maximum atomic E-state index is 12.2. The molecule has 0 radical (unpaired) electrons. The lowest BCUT2D eigenvalue weighted by Gasteiger charge is -2.09. The van der Waals surface area contributed by atoms with E-state index in [-0.39, 0.29) is 5.91 Å². The Balaban J connectivity index is 1.64. The average Bonchev–Trinajstić information content (AvgIpc) is 2.73. The van der Waals surface area contributed by atoms with Crippen LogP contribution in [0.1, 0.15) is 21.5 Å². The number of methoxy groups -OCH3 is 1. The third-order valence-electron chi connectivity index (χ3n) is 3.90. The Bertz CT molecular complexity index is 989. The van der Waals surface area contributed by atoms with Gasteiger partial charge in [0.25, 0.3) is 5.91 Å². The van der Waals surface area contributed by atoms with Crippen molar-refractivity contribution >= 4 is 23.7 Å². The van der Waals surface area contributed by atoms with Crippen molar-refractivity contribution < 1.29 is 14.3 Å². The van der Waals surface area contributed by atoms with Gasteiger partial charge in [-0.3, -0.25) is 4.79 Å². The van der Waals surface area contributed by atoms with Gasteiger partial charge < -0.3 is 9.47 Å². The van der Waals surface area contributed by atoms with E-state index in [1.807, 2.05) is 48.5 Å². The van der Waals surface area contributed by atoms with Crippen molar-refractivity contribution in [1.29, 1.82) is 0 Å². The van der Waals surface area contributed by atoms with E-state index in [1.54, 1.807) is 37.6 Å². The Hall–Kier alpha value is -3.31. The fraction of sp³-hybridized carbons (Fsp3) is 0.0909. The van der Waals surface area contributed by atoms with E-state index < -0.39 is 0 Å². The number of hydrogen-bond donors (Lipinski definition) is 1. The van der Waals surface area contributed by atoms with Crippen LogP contribution in [0.5, 0.6) is 11.5 Å². The highest BCUT2D eigenvalue weighted by atomic mass is 35.5. The monoisotopic (exact) mass is 394 g/mol. The number of hydrogen-bond acceptors (Lipinski definition) is 4. The van der Waals surface area contributed by atoms with Crippen LogP contribution in [0.25, 0.3) is 0 Å². The van der Waals surface area contributed by atoms with Gasteiger partial charge in [-0.2, -0.15) is 5.10 Å². The molecule has 5 nitrogen and oxygen atoms in total. The highest BCUT2D eigenvalue weighted by Gasteiger charge is 2.06. The molecule has 142 valence electrons. The van der Waals surface area contributed by atoms with Crippen molar-refractivity contribution in [3.63, 3.8) is 0 Å². The number of amides is 1. The first kappa shape index (κ1) is 19.5. The smallest absolute Gasteiger partial charge is 0.271 e. The van der Waals surface area contributed by atoms with Crippen LogP contribution in [0.3, 0.4) is 0 Å². The molecule has 0 saturated carbocycles. The molecule has 0 atom stereocenters. The van der Waals surface area contributed by atoms with Crippen molar-refractivity contribution in [2.75, 3.05) is 7.11 Å². The normalized spacial score (nSPS) is 10.6. The van der Waals surface area contributed by atoms with Crippen molar-refractivity contribution in [2.45, 2.75) is 6.61 Å². The fourth-order valence-corrected chi connectivity index (χ4v) is 2.71. The lowest BCUT2D eigenvalue weighted by molar-refractivity contribution is 0.0954. The molecule has 0 spiro atoms. The predicted octanol–water partition coefficient (Wildman–Crippen LogP) is 4.69. The second-order valence-electron chi connectivity index (χ2n) is 5.89. The summed E-state index contributed by atoms with van der Waals surface area (Å²) < 4.78 is 11.0. The van der Waals surface area contributed by atoms with E-state index >= 15 is 0 Å². The Morgan fingerprint density at radius 3 is 2.71 bits per heavy atom. The van der Waals surface area contributed by atoms with Crippen molar-refractivity contribution in [3.8, 4) is 11.5 Å². The number of halogens is 1. The molecule has 0 saturated heterocycles. The maximum absolute atomic E-state index is 12.2. The van der Waals surface area contributed by atoms with Crippen LogP contribution in [0, 0.1) is 0 Å². The minimum atomic E-state index is -0.326. The summed E-state index contributed by atoms with van der Waals surface area (Å²) in [7, 11) is 1.55. The van der Waals surface area contributed by atoms with E-state index in [0.717, 1.165) is 11.1 Å².